The Morgan fingerprint density at radius 3 is 1.62 bits per heavy atom. The molecule has 0 aliphatic heterocycles. The quantitative estimate of drug-likeness (QED) is 0.241. The second-order valence-electron chi connectivity index (χ2n) is 6.21. The third-order valence-corrected chi connectivity index (χ3v) is 4.42. The smallest absolute Gasteiger partial charge is 0.0771 e. The number of rotatable bonds is 0. The average molecular weight is 414 g/mol. The van der Waals surface area contributed by atoms with Crippen LogP contribution in [0.25, 0.3) is 32.3 Å². The van der Waals surface area contributed by atoms with E-state index in [1.165, 1.54) is 62.1 Å². The Hall–Kier alpha value is -2.11. The van der Waals surface area contributed by atoms with E-state index in [0.717, 1.165) is 0 Å². The summed E-state index contributed by atoms with van der Waals surface area (Å²) in [6.07, 6.45) is 0. The van der Waals surface area contributed by atoms with Gasteiger partial charge in [0.15, 0.2) is 0 Å². The van der Waals surface area contributed by atoms with Crippen molar-refractivity contribution in [2.75, 3.05) is 0 Å². The summed E-state index contributed by atoms with van der Waals surface area (Å²) >= 11 is 1.51. The van der Waals surface area contributed by atoms with Crippen molar-refractivity contribution in [1.29, 1.82) is 0 Å². The van der Waals surface area contributed by atoms with E-state index in [1.807, 2.05) is 6.92 Å². The van der Waals surface area contributed by atoms with Crippen LogP contribution in [-0.4, -0.2) is 3.71 Å². The summed E-state index contributed by atoms with van der Waals surface area (Å²) in [4.78, 5) is 0. The molecule has 0 saturated heterocycles. The number of aryl methyl sites for hydroxylation is 1. The Kier molecular flexibility index (Phi) is 6.47. The van der Waals surface area contributed by atoms with Crippen molar-refractivity contribution in [1.82, 2.24) is 0 Å². The predicted molar refractivity (Wildman–Crippen MR) is 113 cm³/mol. The van der Waals surface area contributed by atoms with Crippen molar-refractivity contribution in [3.8, 4) is 0 Å². The summed E-state index contributed by atoms with van der Waals surface area (Å²) in [6.45, 7) is 4.18. The van der Waals surface area contributed by atoms with Gasteiger partial charge in [-0.25, -0.2) is 0 Å². The maximum Gasteiger partial charge on any atom is -0.0771 e. The number of hydrogen-bond donors (Lipinski definition) is 0. The van der Waals surface area contributed by atoms with Crippen molar-refractivity contribution in [2.24, 2.45) is 0 Å². The number of fused-ring (bicyclic) bond motifs is 4. The molecular weight excluding hydrogens is 391 g/mol. The molecule has 0 spiro atoms. The van der Waals surface area contributed by atoms with Gasteiger partial charge in [-0.2, -0.15) is 11.6 Å². The first kappa shape index (κ1) is 18.7. The van der Waals surface area contributed by atoms with Crippen LogP contribution in [0.15, 0.2) is 91.0 Å². The van der Waals surface area contributed by atoms with Crippen molar-refractivity contribution in [3.05, 3.63) is 96.6 Å². The van der Waals surface area contributed by atoms with Crippen LogP contribution in [0.1, 0.15) is 12.5 Å². The maximum atomic E-state index is 2.24. The molecule has 0 N–H and O–H groups in total. The van der Waals surface area contributed by atoms with Gasteiger partial charge in [0.2, 0.25) is 0 Å². The Balaban J connectivity index is 0.000000135. The van der Waals surface area contributed by atoms with Gasteiger partial charge in [0.1, 0.15) is 0 Å². The SMILES string of the molecule is C[CH]=[Zr+2].Cc1c[cH-]c2ccccc12.c1ccc2c(c1)[cH-]c1ccccc12. The standard InChI is InChI=1S/C13H9.C10H9.C2H4.Zr/c1-3-7-12-10(5-1)9-11-6-2-4-8-13(11)12;1-8-6-7-9-4-2-3-5-10(8)9;1-2;/h1-9H;2-7H,1H3;1H,2H3;/q2*-1;;+2. The van der Waals surface area contributed by atoms with Crippen LogP contribution in [0, 0.1) is 6.92 Å². The van der Waals surface area contributed by atoms with Gasteiger partial charge >= 0.3 is 34.9 Å². The van der Waals surface area contributed by atoms with E-state index in [0.29, 0.717) is 0 Å². The Labute approximate surface area is 170 Å². The fourth-order valence-corrected chi connectivity index (χ4v) is 3.21. The largest absolute Gasteiger partial charge is 0.156 e. The Morgan fingerprint density at radius 2 is 1.12 bits per heavy atom. The van der Waals surface area contributed by atoms with Crippen LogP contribution < -0.4 is 0 Å². The molecule has 0 fully saturated rings. The molecule has 0 atom stereocenters. The zero-order chi connectivity index (χ0) is 18.4. The summed E-state index contributed by atoms with van der Waals surface area (Å²) in [5.74, 6) is 0. The number of hydrogen-bond acceptors (Lipinski definition) is 0. The minimum Gasteiger partial charge on any atom is -0.156 e. The number of benzene rings is 3. The molecule has 0 aliphatic rings. The average Bonchev–Trinajstić information content (AvgIpc) is 3.24. The molecule has 126 valence electrons. The van der Waals surface area contributed by atoms with E-state index in [2.05, 4.69) is 102 Å². The molecule has 0 saturated carbocycles. The molecule has 0 aliphatic carbocycles. The minimum absolute atomic E-state index is 1.34. The van der Waals surface area contributed by atoms with Crippen LogP contribution in [0.3, 0.4) is 0 Å². The zero-order valence-electron chi connectivity index (χ0n) is 15.2. The fourth-order valence-electron chi connectivity index (χ4n) is 3.21. The molecule has 0 nitrogen and oxygen atoms in total. The van der Waals surface area contributed by atoms with Crippen LogP contribution in [-0.2, 0) is 24.2 Å². The van der Waals surface area contributed by atoms with Gasteiger partial charge in [-0.15, -0.1) is 74.8 Å². The van der Waals surface area contributed by atoms with E-state index in [4.69, 9.17) is 0 Å². The summed E-state index contributed by atoms with van der Waals surface area (Å²) in [5.41, 5.74) is 1.37. The molecule has 5 rings (SSSR count). The first-order valence-corrected chi connectivity index (χ1v) is 10.3. The first-order valence-electron chi connectivity index (χ1n) is 8.84. The first-order chi connectivity index (χ1) is 12.7. The van der Waals surface area contributed by atoms with Gasteiger partial charge in [0, 0.05) is 0 Å². The molecule has 5 aromatic carbocycles. The van der Waals surface area contributed by atoms with Crippen molar-refractivity contribution in [2.45, 2.75) is 13.8 Å². The van der Waals surface area contributed by atoms with Crippen molar-refractivity contribution >= 4 is 36.0 Å². The third kappa shape index (κ3) is 4.17. The minimum atomic E-state index is 1.34. The van der Waals surface area contributed by atoms with Gasteiger partial charge < -0.3 is 0 Å². The van der Waals surface area contributed by atoms with E-state index >= 15 is 0 Å². The van der Waals surface area contributed by atoms with E-state index in [-0.39, 0.29) is 0 Å². The molecule has 0 heterocycles. The predicted octanol–water partition coefficient (Wildman–Crippen LogP) is 6.93. The molecule has 0 amide bonds. The van der Waals surface area contributed by atoms with E-state index < -0.39 is 0 Å². The van der Waals surface area contributed by atoms with Crippen LogP contribution in [0.4, 0.5) is 0 Å². The molecule has 5 aromatic rings. The second-order valence-corrected chi connectivity index (χ2v) is 7.63. The summed E-state index contributed by atoms with van der Waals surface area (Å²) in [7, 11) is 0. The van der Waals surface area contributed by atoms with Crippen molar-refractivity contribution in [3.63, 3.8) is 0 Å². The monoisotopic (exact) mass is 412 g/mol. The molecule has 0 bridgehead atoms. The third-order valence-electron chi connectivity index (χ3n) is 4.42. The molecule has 0 unspecified atom stereocenters. The topological polar surface area (TPSA) is 0 Å². The maximum absolute atomic E-state index is 2.24. The molecule has 1 heteroatoms. The molecular formula is C25H22Zr. The second kappa shape index (κ2) is 9.01. The Bertz CT molecular complexity index is 1070. The summed E-state index contributed by atoms with van der Waals surface area (Å²) in [5, 5.41) is 8.12. The summed E-state index contributed by atoms with van der Waals surface area (Å²) in [6, 6.07) is 32.0. The van der Waals surface area contributed by atoms with Crippen LogP contribution in [0.5, 0.6) is 0 Å². The normalized spacial score (nSPS) is 10.2. The summed E-state index contributed by atoms with van der Waals surface area (Å²) < 4.78 is 2.09. The van der Waals surface area contributed by atoms with Gasteiger partial charge in [-0.1, -0.05) is 49.4 Å². The van der Waals surface area contributed by atoms with Gasteiger partial charge in [-0.05, 0) is 0 Å². The van der Waals surface area contributed by atoms with E-state index in [1.54, 1.807) is 0 Å². The molecule has 0 aromatic heterocycles. The van der Waals surface area contributed by atoms with Gasteiger partial charge in [0.25, 0.3) is 0 Å². The van der Waals surface area contributed by atoms with Gasteiger partial charge in [-0.3, -0.25) is 0 Å². The zero-order valence-corrected chi connectivity index (χ0v) is 17.7. The van der Waals surface area contributed by atoms with Gasteiger partial charge in [0.05, 0.1) is 0 Å². The Morgan fingerprint density at radius 1 is 0.692 bits per heavy atom. The fraction of sp³-hybridized carbons (Fsp3) is 0.0800. The molecule has 0 radical (unpaired) electrons. The van der Waals surface area contributed by atoms with E-state index in [9.17, 15) is 0 Å². The molecule has 26 heavy (non-hydrogen) atoms. The van der Waals surface area contributed by atoms with Crippen LogP contribution >= 0.6 is 0 Å². The van der Waals surface area contributed by atoms with Crippen LogP contribution in [0.2, 0.25) is 0 Å². The van der Waals surface area contributed by atoms with Crippen molar-refractivity contribution < 1.29 is 24.2 Å².